The molecule has 0 saturated carbocycles. The monoisotopic (exact) mass is 297 g/mol. The highest BCUT2D eigenvalue weighted by molar-refractivity contribution is 7.87. The fraction of sp³-hybridized carbons (Fsp3) is 0.462. The first-order valence-corrected chi connectivity index (χ1v) is 8.00. The zero-order valence-electron chi connectivity index (χ0n) is 11.5. The second-order valence-electron chi connectivity index (χ2n) is 4.76. The van der Waals surface area contributed by atoms with Gasteiger partial charge in [0.15, 0.2) is 0 Å². The molecule has 1 aromatic carbocycles. The molecule has 7 heteroatoms. The van der Waals surface area contributed by atoms with Crippen molar-refractivity contribution in [1.82, 2.24) is 9.03 Å². The van der Waals surface area contributed by atoms with E-state index >= 15 is 0 Å². The van der Waals surface area contributed by atoms with E-state index in [1.54, 1.807) is 0 Å². The fourth-order valence-electron chi connectivity index (χ4n) is 2.28. The van der Waals surface area contributed by atoms with E-state index in [1.807, 2.05) is 38.1 Å². The number of carbonyl (C=O) groups is 1. The van der Waals surface area contributed by atoms with Gasteiger partial charge in [-0.15, -0.1) is 0 Å². The molecule has 1 aliphatic heterocycles. The van der Waals surface area contributed by atoms with Gasteiger partial charge in [0.05, 0.1) is 6.04 Å². The average Bonchev–Trinajstić information content (AvgIpc) is 2.74. The number of benzene rings is 1. The maximum Gasteiger partial charge on any atom is 0.280 e. The minimum Gasteiger partial charge on any atom is -0.385 e. The van der Waals surface area contributed by atoms with Crippen LogP contribution in [-0.4, -0.2) is 38.1 Å². The summed E-state index contributed by atoms with van der Waals surface area (Å²) in [6.45, 7) is 4.83. The maximum atomic E-state index is 12.0. The van der Waals surface area contributed by atoms with Crippen LogP contribution in [0.4, 0.5) is 5.69 Å². The van der Waals surface area contributed by atoms with Crippen molar-refractivity contribution in [3.8, 4) is 0 Å². The van der Waals surface area contributed by atoms with Crippen molar-refractivity contribution in [1.29, 1.82) is 0 Å². The molecule has 1 aliphatic rings. The standard InChI is InChI=1S/C13H19N3O3S/c1-3-14-12-6-4-11(5-7-12)10(2)16-8-13(9-17)15-20(16,18)19/h4-7,9-10,13-15H,3,8H2,1-2H3. The SMILES string of the molecule is CCNc1ccc(C(C)N2CC(C=O)NS2(=O)=O)cc1. The van der Waals surface area contributed by atoms with Crippen LogP contribution in [0.15, 0.2) is 24.3 Å². The first kappa shape index (κ1) is 15.0. The number of rotatable bonds is 5. The van der Waals surface area contributed by atoms with Crippen molar-refractivity contribution in [2.75, 3.05) is 18.4 Å². The summed E-state index contributed by atoms with van der Waals surface area (Å²) in [6, 6.07) is 6.65. The van der Waals surface area contributed by atoms with Crippen LogP contribution < -0.4 is 10.0 Å². The van der Waals surface area contributed by atoms with E-state index < -0.39 is 16.3 Å². The Morgan fingerprint density at radius 2 is 2.10 bits per heavy atom. The molecule has 1 aromatic rings. The largest absolute Gasteiger partial charge is 0.385 e. The van der Waals surface area contributed by atoms with Gasteiger partial charge in [0.25, 0.3) is 10.2 Å². The molecule has 2 unspecified atom stereocenters. The molecule has 2 rings (SSSR count). The first-order valence-electron chi connectivity index (χ1n) is 6.56. The third kappa shape index (κ3) is 3.00. The zero-order chi connectivity index (χ0) is 14.8. The molecule has 0 radical (unpaired) electrons. The number of hydrogen-bond donors (Lipinski definition) is 2. The summed E-state index contributed by atoms with van der Waals surface area (Å²) in [5, 5.41) is 3.19. The maximum absolute atomic E-state index is 12.0. The van der Waals surface area contributed by atoms with E-state index in [-0.39, 0.29) is 12.6 Å². The lowest BCUT2D eigenvalue weighted by molar-refractivity contribution is -0.109. The Hall–Kier alpha value is -1.44. The number of nitrogens with zero attached hydrogens (tertiary/aromatic N) is 1. The lowest BCUT2D eigenvalue weighted by atomic mass is 10.1. The molecule has 1 fully saturated rings. The van der Waals surface area contributed by atoms with Crippen LogP contribution in [0.5, 0.6) is 0 Å². The van der Waals surface area contributed by atoms with Gasteiger partial charge in [-0.2, -0.15) is 17.4 Å². The van der Waals surface area contributed by atoms with Crippen molar-refractivity contribution in [3.05, 3.63) is 29.8 Å². The lowest BCUT2D eigenvalue weighted by Gasteiger charge is -2.22. The molecule has 1 heterocycles. The predicted octanol–water partition coefficient (Wildman–Crippen LogP) is 0.897. The summed E-state index contributed by atoms with van der Waals surface area (Å²) in [5.41, 5.74) is 1.89. The number of nitrogens with one attached hydrogen (secondary N) is 2. The van der Waals surface area contributed by atoms with E-state index in [0.717, 1.165) is 17.8 Å². The van der Waals surface area contributed by atoms with Crippen molar-refractivity contribution in [2.24, 2.45) is 0 Å². The highest BCUT2D eigenvalue weighted by Gasteiger charge is 2.38. The third-order valence-electron chi connectivity index (χ3n) is 3.36. The Balaban J connectivity index is 2.18. The van der Waals surface area contributed by atoms with Crippen LogP contribution in [0.2, 0.25) is 0 Å². The van der Waals surface area contributed by atoms with Gasteiger partial charge in [0.1, 0.15) is 6.29 Å². The van der Waals surface area contributed by atoms with Crippen molar-refractivity contribution >= 4 is 22.2 Å². The number of hydrogen-bond acceptors (Lipinski definition) is 4. The minimum atomic E-state index is -3.58. The van der Waals surface area contributed by atoms with Crippen LogP contribution in [0, 0.1) is 0 Å². The van der Waals surface area contributed by atoms with Gasteiger partial charge >= 0.3 is 0 Å². The Bertz CT molecular complexity index is 571. The molecule has 2 N–H and O–H groups in total. The van der Waals surface area contributed by atoms with Gasteiger partial charge in [0, 0.05) is 24.8 Å². The molecule has 20 heavy (non-hydrogen) atoms. The number of anilines is 1. The first-order chi connectivity index (χ1) is 9.47. The summed E-state index contributed by atoms with van der Waals surface area (Å²) >= 11 is 0. The van der Waals surface area contributed by atoms with Crippen LogP contribution in [0.1, 0.15) is 25.5 Å². The molecule has 110 valence electrons. The molecule has 0 spiro atoms. The molecule has 0 bridgehead atoms. The van der Waals surface area contributed by atoms with Crippen LogP contribution in [-0.2, 0) is 15.0 Å². The third-order valence-corrected chi connectivity index (χ3v) is 5.04. The van der Waals surface area contributed by atoms with Gasteiger partial charge in [-0.3, -0.25) is 0 Å². The Labute approximate surface area is 119 Å². The summed E-state index contributed by atoms with van der Waals surface area (Å²) in [4.78, 5) is 10.8. The molecular formula is C13H19N3O3S. The Morgan fingerprint density at radius 1 is 1.45 bits per heavy atom. The molecule has 2 atom stereocenters. The van der Waals surface area contributed by atoms with Gasteiger partial charge in [-0.25, -0.2) is 0 Å². The molecule has 0 amide bonds. The quantitative estimate of drug-likeness (QED) is 0.791. The number of carbonyl (C=O) groups excluding carboxylic acids is 1. The lowest BCUT2D eigenvalue weighted by Crippen LogP contribution is -2.32. The fourth-order valence-corrected chi connectivity index (χ4v) is 3.82. The van der Waals surface area contributed by atoms with E-state index in [9.17, 15) is 13.2 Å². The smallest absolute Gasteiger partial charge is 0.280 e. The van der Waals surface area contributed by atoms with Gasteiger partial charge in [-0.1, -0.05) is 12.1 Å². The van der Waals surface area contributed by atoms with Crippen LogP contribution >= 0.6 is 0 Å². The van der Waals surface area contributed by atoms with Gasteiger partial charge in [-0.05, 0) is 31.5 Å². The van der Waals surface area contributed by atoms with E-state index in [2.05, 4.69) is 10.0 Å². The summed E-state index contributed by atoms with van der Waals surface area (Å²) in [7, 11) is -3.58. The van der Waals surface area contributed by atoms with Crippen LogP contribution in [0.3, 0.4) is 0 Å². The second kappa shape index (κ2) is 5.90. The van der Waals surface area contributed by atoms with E-state index in [1.165, 1.54) is 4.31 Å². The second-order valence-corrected chi connectivity index (χ2v) is 6.42. The zero-order valence-corrected chi connectivity index (χ0v) is 12.4. The van der Waals surface area contributed by atoms with Crippen LogP contribution in [0.25, 0.3) is 0 Å². The van der Waals surface area contributed by atoms with Crippen molar-refractivity contribution in [2.45, 2.75) is 25.9 Å². The molecule has 0 aromatic heterocycles. The topological polar surface area (TPSA) is 78.5 Å². The minimum absolute atomic E-state index is 0.169. The summed E-state index contributed by atoms with van der Waals surface area (Å²) in [5.74, 6) is 0. The van der Waals surface area contributed by atoms with Gasteiger partial charge in [0.2, 0.25) is 0 Å². The van der Waals surface area contributed by atoms with Gasteiger partial charge < -0.3 is 10.1 Å². The highest BCUT2D eigenvalue weighted by atomic mass is 32.2. The summed E-state index contributed by atoms with van der Waals surface area (Å²) in [6.07, 6.45) is 0.624. The molecule has 1 saturated heterocycles. The normalized spacial score (nSPS) is 23.4. The molecular weight excluding hydrogens is 278 g/mol. The Morgan fingerprint density at radius 3 is 2.60 bits per heavy atom. The van der Waals surface area contributed by atoms with Crippen molar-refractivity contribution < 1.29 is 13.2 Å². The summed E-state index contributed by atoms with van der Waals surface area (Å²) < 4.78 is 27.6. The van der Waals surface area contributed by atoms with E-state index in [4.69, 9.17) is 0 Å². The predicted molar refractivity (Wildman–Crippen MR) is 77.6 cm³/mol. The molecule has 6 nitrogen and oxygen atoms in total. The Kier molecular flexibility index (Phi) is 4.42. The van der Waals surface area contributed by atoms with Crippen molar-refractivity contribution in [3.63, 3.8) is 0 Å². The average molecular weight is 297 g/mol. The number of aldehydes is 1. The molecule has 0 aliphatic carbocycles. The highest BCUT2D eigenvalue weighted by Crippen LogP contribution is 2.26. The van der Waals surface area contributed by atoms with E-state index in [0.29, 0.717) is 6.29 Å².